The first-order chi connectivity index (χ1) is 9.16. The van der Waals surface area contributed by atoms with Gasteiger partial charge in [-0.2, -0.15) is 0 Å². The summed E-state index contributed by atoms with van der Waals surface area (Å²) in [6.45, 7) is 1.65. The average Bonchev–Trinajstić information content (AvgIpc) is 2.86. The Hall–Kier alpha value is -0.840. The molecule has 2 N–H and O–H groups in total. The summed E-state index contributed by atoms with van der Waals surface area (Å²) in [4.78, 5) is 2.80. The molecule has 1 aromatic rings. The van der Waals surface area contributed by atoms with E-state index in [0.29, 0.717) is 22.2 Å². The number of rotatable bonds is 2. The third kappa shape index (κ3) is 2.45. The highest BCUT2D eigenvalue weighted by molar-refractivity contribution is 7.80. The van der Waals surface area contributed by atoms with Crippen LogP contribution in [0.15, 0.2) is 18.2 Å². The van der Waals surface area contributed by atoms with Crippen LogP contribution >= 0.6 is 23.8 Å². The van der Waals surface area contributed by atoms with Crippen molar-refractivity contribution in [2.24, 2.45) is 5.73 Å². The molecule has 0 radical (unpaired) electrons. The Kier molecular flexibility index (Phi) is 3.65. The minimum atomic E-state index is 0.351. The number of halogens is 1. The number of benzene rings is 1. The molecule has 3 nitrogen and oxygen atoms in total. The van der Waals surface area contributed by atoms with Crippen LogP contribution in [0, 0.1) is 0 Å². The number of hydrogen-bond donors (Lipinski definition) is 1. The van der Waals surface area contributed by atoms with Crippen molar-refractivity contribution in [2.45, 2.75) is 31.4 Å². The second kappa shape index (κ2) is 5.27. The molecule has 1 heterocycles. The molecule has 0 spiro atoms. The van der Waals surface area contributed by atoms with Gasteiger partial charge in [0.1, 0.15) is 4.99 Å². The van der Waals surface area contributed by atoms with E-state index in [-0.39, 0.29) is 0 Å². The lowest BCUT2D eigenvalue weighted by molar-refractivity contribution is 0.0256. The Morgan fingerprint density at radius 1 is 1.42 bits per heavy atom. The molecular weight excluding hydrogens is 280 g/mol. The Labute approximate surface area is 123 Å². The number of fused-ring (bicyclic) bond motifs is 1. The molecular formula is C14H17ClN2OS. The van der Waals surface area contributed by atoms with Crippen molar-refractivity contribution in [3.05, 3.63) is 28.8 Å². The van der Waals surface area contributed by atoms with Gasteiger partial charge < -0.3 is 15.4 Å². The first-order valence-electron chi connectivity index (χ1n) is 6.64. The van der Waals surface area contributed by atoms with Gasteiger partial charge in [-0.1, -0.05) is 23.8 Å². The molecule has 2 fully saturated rings. The molecule has 0 aromatic heterocycles. The van der Waals surface area contributed by atoms with Gasteiger partial charge in [0.05, 0.1) is 18.8 Å². The molecule has 2 atom stereocenters. The fraction of sp³-hybridized carbons (Fsp3) is 0.500. The monoisotopic (exact) mass is 296 g/mol. The van der Waals surface area contributed by atoms with E-state index in [4.69, 9.17) is 34.3 Å². The molecule has 1 saturated carbocycles. The summed E-state index contributed by atoms with van der Waals surface area (Å²) in [6, 6.07) is 6.23. The highest BCUT2D eigenvalue weighted by Crippen LogP contribution is 2.35. The molecule has 19 heavy (non-hydrogen) atoms. The van der Waals surface area contributed by atoms with Crippen LogP contribution in [0.5, 0.6) is 0 Å². The van der Waals surface area contributed by atoms with E-state index < -0.39 is 0 Å². The fourth-order valence-electron chi connectivity index (χ4n) is 3.18. The maximum absolute atomic E-state index is 6.05. The Morgan fingerprint density at radius 2 is 2.26 bits per heavy atom. The zero-order chi connectivity index (χ0) is 13.4. The lowest BCUT2D eigenvalue weighted by Gasteiger charge is -2.40. The number of anilines is 1. The van der Waals surface area contributed by atoms with E-state index in [1.165, 1.54) is 12.8 Å². The van der Waals surface area contributed by atoms with Gasteiger partial charge in [0, 0.05) is 22.8 Å². The van der Waals surface area contributed by atoms with Crippen molar-refractivity contribution in [3.8, 4) is 0 Å². The molecule has 1 saturated heterocycles. The lowest BCUT2D eigenvalue weighted by Crippen LogP contribution is -2.49. The first kappa shape index (κ1) is 13.2. The fourth-order valence-corrected chi connectivity index (χ4v) is 3.52. The predicted molar refractivity (Wildman–Crippen MR) is 82.1 cm³/mol. The summed E-state index contributed by atoms with van der Waals surface area (Å²) < 4.78 is 5.85. The molecule has 5 heteroatoms. The van der Waals surface area contributed by atoms with E-state index in [1.54, 1.807) is 0 Å². The standard InChI is InChI=1S/C14H17ClN2OS/c15-9-4-5-11(10(8-9)14(16)19)17-6-7-18-13-3-1-2-12(13)17/h4-5,8,12-13H,1-3,6-7H2,(H2,16,19). The number of morpholine rings is 1. The molecule has 0 bridgehead atoms. The molecule has 2 aliphatic rings. The van der Waals surface area contributed by atoms with Crippen LogP contribution in [0.1, 0.15) is 24.8 Å². The zero-order valence-electron chi connectivity index (χ0n) is 10.6. The maximum atomic E-state index is 6.05. The second-order valence-corrected chi connectivity index (χ2v) is 6.00. The summed E-state index contributed by atoms with van der Waals surface area (Å²) in [5.41, 5.74) is 7.81. The molecule has 1 aliphatic carbocycles. The molecule has 0 amide bonds. The molecule has 1 aromatic carbocycles. The number of hydrogen-bond acceptors (Lipinski definition) is 3. The Morgan fingerprint density at radius 3 is 3.05 bits per heavy atom. The Bertz CT molecular complexity index is 508. The summed E-state index contributed by atoms with van der Waals surface area (Å²) in [5.74, 6) is 0. The van der Waals surface area contributed by atoms with Gasteiger partial charge in [-0.15, -0.1) is 0 Å². The van der Waals surface area contributed by atoms with Crippen LogP contribution in [0.3, 0.4) is 0 Å². The van der Waals surface area contributed by atoms with Gasteiger partial charge in [0.15, 0.2) is 0 Å². The minimum absolute atomic E-state index is 0.351. The van der Waals surface area contributed by atoms with Crippen molar-refractivity contribution >= 4 is 34.5 Å². The van der Waals surface area contributed by atoms with Crippen LogP contribution in [-0.4, -0.2) is 30.3 Å². The van der Waals surface area contributed by atoms with Gasteiger partial charge in [-0.05, 0) is 37.5 Å². The van der Waals surface area contributed by atoms with Gasteiger partial charge in [0.2, 0.25) is 0 Å². The normalized spacial score (nSPS) is 26.3. The van der Waals surface area contributed by atoms with Crippen molar-refractivity contribution < 1.29 is 4.74 Å². The van der Waals surface area contributed by atoms with Gasteiger partial charge >= 0.3 is 0 Å². The largest absolute Gasteiger partial charge is 0.389 e. The van der Waals surface area contributed by atoms with Crippen molar-refractivity contribution in [3.63, 3.8) is 0 Å². The minimum Gasteiger partial charge on any atom is -0.389 e. The van der Waals surface area contributed by atoms with Crippen LogP contribution < -0.4 is 10.6 Å². The number of ether oxygens (including phenoxy) is 1. The SMILES string of the molecule is NC(=S)c1cc(Cl)ccc1N1CCOC2CCCC21. The van der Waals surface area contributed by atoms with Crippen molar-refractivity contribution in [1.82, 2.24) is 0 Å². The second-order valence-electron chi connectivity index (χ2n) is 5.13. The van der Waals surface area contributed by atoms with Crippen LogP contribution in [0.2, 0.25) is 5.02 Å². The van der Waals surface area contributed by atoms with Gasteiger partial charge in [0.25, 0.3) is 0 Å². The third-order valence-electron chi connectivity index (χ3n) is 4.02. The Balaban J connectivity index is 1.98. The molecule has 102 valence electrons. The zero-order valence-corrected chi connectivity index (χ0v) is 12.2. The van der Waals surface area contributed by atoms with Crippen LogP contribution in [0.4, 0.5) is 5.69 Å². The van der Waals surface area contributed by atoms with E-state index in [9.17, 15) is 0 Å². The summed E-state index contributed by atoms with van der Waals surface area (Å²) in [7, 11) is 0. The number of nitrogens with zero attached hydrogens (tertiary/aromatic N) is 1. The van der Waals surface area contributed by atoms with E-state index in [1.807, 2.05) is 18.2 Å². The number of nitrogens with two attached hydrogens (primary N) is 1. The molecule has 1 aliphatic heterocycles. The summed E-state index contributed by atoms with van der Waals surface area (Å²) in [5, 5.41) is 0.669. The topological polar surface area (TPSA) is 38.5 Å². The van der Waals surface area contributed by atoms with Crippen LogP contribution in [0.25, 0.3) is 0 Å². The predicted octanol–water partition coefficient (Wildman–Crippen LogP) is 2.73. The van der Waals surface area contributed by atoms with Gasteiger partial charge in [-0.3, -0.25) is 0 Å². The highest BCUT2D eigenvalue weighted by Gasteiger charge is 2.36. The van der Waals surface area contributed by atoms with E-state index >= 15 is 0 Å². The van der Waals surface area contributed by atoms with Crippen molar-refractivity contribution in [2.75, 3.05) is 18.1 Å². The van der Waals surface area contributed by atoms with E-state index in [2.05, 4.69) is 4.90 Å². The van der Waals surface area contributed by atoms with E-state index in [0.717, 1.165) is 30.8 Å². The average molecular weight is 297 g/mol. The molecule has 2 unspecified atom stereocenters. The molecule has 3 rings (SSSR count). The lowest BCUT2D eigenvalue weighted by atomic mass is 10.1. The quantitative estimate of drug-likeness (QED) is 0.852. The van der Waals surface area contributed by atoms with Crippen LogP contribution in [-0.2, 0) is 4.74 Å². The first-order valence-corrected chi connectivity index (χ1v) is 7.43. The smallest absolute Gasteiger partial charge is 0.106 e. The summed E-state index contributed by atoms with van der Waals surface area (Å²) in [6.07, 6.45) is 3.90. The maximum Gasteiger partial charge on any atom is 0.106 e. The third-order valence-corrected chi connectivity index (χ3v) is 4.47. The summed E-state index contributed by atoms with van der Waals surface area (Å²) >= 11 is 11.2. The van der Waals surface area contributed by atoms with Crippen molar-refractivity contribution in [1.29, 1.82) is 0 Å². The number of thiocarbonyl (C=S) groups is 1. The van der Waals surface area contributed by atoms with Gasteiger partial charge in [-0.25, -0.2) is 0 Å². The highest BCUT2D eigenvalue weighted by atomic mass is 35.5.